The molecule has 5 heteroatoms. The number of phenolic OH excluding ortho intramolecular Hbond substituents is 1. The summed E-state index contributed by atoms with van der Waals surface area (Å²) < 4.78 is 30.7. The summed E-state index contributed by atoms with van der Waals surface area (Å²) in [7, 11) is 0. The Morgan fingerprint density at radius 1 is 1.54 bits per heavy atom. The first-order chi connectivity index (χ1) is 6.11. The van der Waals surface area contributed by atoms with E-state index in [1.807, 2.05) is 0 Å². The highest BCUT2D eigenvalue weighted by molar-refractivity contribution is 5.46. The van der Waals surface area contributed by atoms with Crippen LogP contribution in [0.4, 0.5) is 8.78 Å². The number of halogens is 2. The van der Waals surface area contributed by atoms with Crippen LogP contribution in [0.3, 0.4) is 0 Å². The van der Waals surface area contributed by atoms with E-state index in [2.05, 4.69) is 0 Å². The zero-order valence-corrected chi connectivity index (χ0v) is 6.55. The van der Waals surface area contributed by atoms with E-state index in [-0.39, 0.29) is 17.9 Å². The molecule has 0 radical (unpaired) electrons. The average Bonchev–Trinajstić information content (AvgIpc) is 2.45. The van der Waals surface area contributed by atoms with Crippen LogP contribution in [0.2, 0.25) is 0 Å². The van der Waals surface area contributed by atoms with Gasteiger partial charge in [0.25, 0.3) is 0 Å². The van der Waals surface area contributed by atoms with E-state index in [0.29, 0.717) is 0 Å². The molecule has 1 aliphatic heterocycles. The molecule has 1 aromatic carbocycles. The first-order valence-corrected chi connectivity index (χ1v) is 3.70. The molecule has 0 bridgehead atoms. The SMILES string of the molecule is NC1COc2c1cc(F)c(O)c2F. The maximum Gasteiger partial charge on any atom is 0.210 e. The van der Waals surface area contributed by atoms with E-state index < -0.39 is 23.4 Å². The van der Waals surface area contributed by atoms with Gasteiger partial charge in [-0.1, -0.05) is 0 Å². The average molecular weight is 187 g/mol. The van der Waals surface area contributed by atoms with Crippen molar-refractivity contribution in [3.05, 3.63) is 23.3 Å². The lowest BCUT2D eigenvalue weighted by Gasteiger charge is -2.04. The van der Waals surface area contributed by atoms with Crippen LogP contribution >= 0.6 is 0 Å². The normalized spacial score (nSPS) is 19.8. The second-order valence-electron chi connectivity index (χ2n) is 2.86. The van der Waals surface area contributed by atoms with E-state index in [1.54, 1.807) is 0 Å². The number of phenols is 1. The van der Waals surface area contributed by atoms with E-state index in [4.69, 9.17) is 15.6 Å². The van der Waals surface area contributed by atoms with Gasteiger partial charge in [0.2, 0.25) is 5.82 Å². The minimum absolute atomic E-state index is 0.106. The monoisotopic (exact) mass is 187 g/mol. The maximum absolute atomic E-state index is 13.1. The molecule has 3 nitrogen and oxygen atoms in total. The Morgan fingerprint density at radius 2 is 2.23 bits per heavy atom. The molecule has 1 unspecified atom stereocenters. The fourth-order valence-corrected chi connectivity index (χ4v) is 1.29. The van der Waals surface area contributed by atoms with Crippen LogP contribution in [0.1, 0.15) is 11.6 Å². The minimum atomic E-state index is -1.08. The van der Waals surface area contributed by atoms with Gasteiger partial charge in [-0.05, 0) is 6.07 Å². The molecule has 0 saturated heterocycles. The first-order valence-electron chi connectivity index (χ1n) is 3.70. The van der Waals surface area contributed by atoms with Crippen LogP contribution in [0.15, 0.2) is 6.07 Å². The smallest absolute Gasteiger partial charge is 0.210 e. The molecule has 1 heterocycles. The van der Waals surface area contributed by atoms with E-state index in [1.165, 1.54) is 0 Å². The zero-order valence-electron chi connectivity index (χ0n) is 6.55. The van der Waals surface area contributed by atoms with Crippen molar-refractivity contribution in [2.75, 3.05) is 6.61 Å². The second kappa shape index (κ2) is 2.56. The molecule has 0 spiro atoms. The molecule has 1 aliphatic rings. The largest absolute Gasteiger partial charge is 0.503 e. The third-order valence-electron chi connectivity index (χ3n) is 1.98. The van der Waals surface area contributed by atoms with Crippen LogP contribution in [0.25, 0.3) is 0 Å². The Morgan fingerprint density at radius 3 is 2.92 bits per heavy atom. The second-order valence-corrected chi connectivity index (χ2v) is 2.86. The standard InChI is InChI=1S/C8H7F2NO2/c9-4-1-3-5(11)2-13-8(3)6(10)7(4)12/h1,5,12H,2,11H2. The van der Waals surface area contributed by atoms with Crippen LogP contribution in [-0.4, -0.2) is 11.7 Å². The van der Waals surface area contributed by atoms with E-state index >= 15 is 0 Å². The van der Waals surface area contributed by atoms with Crippen LogP contribution in [-0.2, 0) is 0 Å². The molecule has 3 N–H and O–H groups in total. The molecule has 70 valence electrons. The van der Waals surface area contributed by atoms with Gasteiger partial charge in [-0.2, -0.15) is 4.39 Å². The lowest BCUT2D eigenvalue weighted by molar-refractivity contribution is 0.310. The Balaban J connectivity index is 2.67. The van der Waals surface area contributed by atoms with E-state index in [9.17, 15) is 8.78 Å². The van der Waals surface area contributed by atoms with Crippen molar-refractivity contribution >= 4 is 0 Å². The number of aromatic hydroxyl groups is 1. The molecular weight excluding hydrogens is 180 g/mol. The Kier molecular flexibility index (Phi) is 1.63. The molecular formula is C8H7F2NO2. The molecule has 0 saturated carbocycles. The number of ether oxygens (including phenoxy) is 1. The van der Waals surface area contributed by atoms with Crippen LogP contribution < -0.4 is 10.5 Å². The summed E-state index contributed by atoms with van der Waals surface area (Å²) in [6, 6.07) is 0.463. The summed E-state index contributed by atoms with van der Waals surface area (Å²) >= 11 is 0. The zero-order chi connectivity index (χ0) is 9.59. The number of nitrogens with two attached hydrogens (primary N) is 1. The molecule has 1 atom stereocenters. The molecule has 13 heavy (non-hydrogen) atoms. The third kappa shape index (κ3) is 1.04. The summed E-state index contributed by atoms with van der Waals surface area (Å²) in [5.74, 6) is -3.26. The highest BCUT2D eigenvalue weighted by Gasteiger charge is 2.28. The molecule has 0 amide bonds. The van der Waals surface area contributed by atoms with Crippen molar-refractivity contribution in [3.8, 4) is 11.5 Å². The Bertz CT molecular complexity index is 368. The quantitative estimate of drug-likeness (QED) is 0.638. The lowest BCUT2D eigenvalue weighted by atomic mass is 10.1. The van der Waals surface area contributed by atoms with Gasteiger partial charge in [-0.15, -0.1) is 0 Å². The van der Waals surface area contributed by atoms with Gasteiger partial charge >= 0.3 is 0 Å². The van der Waals surface area contributed by atoms with Crippen LogP contribution in [0.5, 0.6) is 11.5 Å². The van der Waals surface area contributed by atoms with Gasteiger partial charge in [0.05, 0.1) is 6.04 Å². The lowest BCUT2D eigenvalue weighted by Crippen LogP contribution is -2.10. The van der Waals surface area contributed by atoms with Crippen molar-refractivity contribution in [2.45, 2.75) is 6.04 Å². The summed E-state index contributed by atoms with van der Waals surface area (Å²) in [6.07, 6.45) is 0. The predicted molar refractivity (Wildman–Crippen MR) is 40.4 cm³/mol. The van der Waals surface area contributed by atoms with Gasteiger partial charge < -0.3 is 15.6 Å². The van der Waals surface area contributed by atoms with Gasteiger partial charge in [0, 0.05) is 5.56 Å². The third-order valence-corrected chi connectivity index (χ3v) is 1.98. The molecule has 0 fully saturated rings. The van der Waals surface area contributed by atoms with Crippen molar-refractivity contribution in [1.82, 2.24) is 0 Å². The summed E-state index contributed by atoms with van der Waals surface area (Å²) in [5.41, 5.74) is 5.75. The molecule has 1 aromatic rings. The van der Waals surface area contributed by atoms with Crippen molar-refractivity contribution in [1.29, 1.82) is 0 Å². The fraction of sp³-hybridized carbons (Fsp3) is 0.250. The highest BCUT2D eigenvalue weighted by atomic mass is 19.1. The molecule has 0 aromatic heterocycles. The number of fused-ring (bicyclic) bond motifs is 1. The van der Waals surface area contributed by atoms with Crippen molar-refractivity contribution in [2.24, 2.45) is 5.73 Å². The number of rotatable bonds is 0. The predicted octanol–water partition coefficient (Wildman–Crippen LogP) is 1.06. The van der Waals surface area contributed by atoms with Gasteiger partial charge in [0.1, 0.15) is 6.61 Å². The van der Waals surface area contributed by atoms with Crippen molar-refractivity contribution < 1.29 is 18.6 Å². The van der Waals surface area contributed by atoms with Gasteiger partial charge in [0.15, 0.2) is 17.3 Å². The minimum Gasteiger partial charge on any atom is -0.503 e. The van der Waals surface area contributed by atoms with E-state index in [0.717, 1.165) is 6.07 Å². The summed E-state index contributed by atoms with van der Waals surface area (Å²) in [6.45, 7) is 0.106. The number of hydrogen-bond acceptors (Lipinski definition) is 3. The highest BCUT2D eigenvalue weighted by Crippen LogP contribution is 2.38. The fourth-order valence-electron chi connectivity index (χ4n) is 1.29. The van der Waals surface area contributed by atoms with Gasteiger partial charge in [-0.25, -0.2) is 4.39 Å². The number of hydrogen-bond donors (Lipinski definition) is 2. The van der Waals surface area contributed by atoms with Gasteiger partial charge in [-0.3, -0.25) is 0 Å². The number of benzene rings is 1. The van der Waals surface area contributed by atoms with Crippen molar-refractivity contribution in [3.63, 3.8) is 0 Å². The summed E-state index contributed by atoms with van der Waals surface area (Å²) in [5, 5.41) is 8.89. The summed E-state index contributed by atoms with van der Waals surface area (Å²) in [4.78, 5) is 0. The topological polar surface area (TPSA) is 55.5 Å². The first kappa shape index (κ1) is 8.25. The maximum atomic E-state index is 13.1. The Hall–Kier alpha value is -1.36. The Labute approximate surface area is 72.7 Å². The molecule has 0 aliphatic carbocycles. The van der Waals surface area contributed by atoms with Crippen LogP contribution in [0, 0.1) is 11.6 Å². The molecule has 2 rings (SSSR count).